The van der Waals surface area contributed by atoms with Crippen molar-refractivity contribution < 1.29 is 9.15 Å². The maximum Gasteiger partial charge on any atom is 0.336 e. The number of hydrogen-bond acceptors (Lipinski definition) is 6. The van der Waals surface area contributed by atoms with Crippen molar-refractivity contribution in [1.29, 1.82) is 0 Å². The Hall–Kier alpha value is -3.38. The maximum absolute atomic E-state index is 12.2. The number of ether oxygens (including phenoxy) is 1. The highest BCUT2D eigenvalue weighted by atomic mass is 35.5. The van der Waals surface area contributed by atoms with Gasteiger partial charge in [-0.3, -0.25) is 0 Å². The predicted octanol–water partition coefficient (Wildman–Crippen LogP) is 4.76. The van der Waals surface area contributed by atoms with Gasteiger partial charge in [-0.25, -0.2) is 14.8 Å². The predicted molar refractivity (Wildman–Crippen MR) is 113 cm³/mol. The molecule has 2 heterocycles. The summed E-state index contributed by atoms with van der Waals surface area (Å²) in [4.78, 5) is 20.2. The number of halogens is 1. The fraction of sp³-hybridized carbons (Fsp3) is 0.136. The van der Waals surface area contributed by atoms with Gasteiger partial charge in [0.05, 0.1) is 5.02 Å². The van der Waals surface area contributed by atoms with Gasteiger partial charge < -0.3 is 14.9 Å². The van der Waals surface area contributed by atoms with E-state index >= 15 is 0 Å². The molecular formula is C22H18ClN3O3. The molecule has 0 unspecified atom stereocenters. The number of anilines is 1. The summed E-state index contributed by atoms with van der Waals surface area (Å²) >= 11 is 6.43. The van der Waals surface area contributed by atoms with E-state index in [-0.39, 0.29) is 6.01 Å². The van der Waals surface area contributed by atoms with Crippen LogP contribution in [0.4, 0.5) is 5.69 Å². The van der Waals surface area contributed by atoms with E-state index in [1.54, 1.807) is 30.6 Å². The number of nitrogens with two attached hydrogens (primary N) is 1. The third-order valence-corrected chi connectivity index (χ3v) is 4.97. The fourth-order valence-electron chi connectivity index (χ4n) is 3.35. The molecule has 0 atom stereocenters. The second kappa shape index (κ2) is 7.93. The lowest BCUT2D eigenvalue weighted by Gasteiger charge is -2.13. The summed E-state index contributed by atoms with van der Waals surface area (Å²) in [6, 6.07) is 12.4. The molecule has 0 amide bonds. The molecule has 146 valence electrons. The number of nitrogen functional groups attached to an aromatic ring is 1. The zero-order valence-corrected chi connectivity index (χ0v) is 16.4. The van der Waals surface area contributed by atoms with Gasteiger partial charge in [0, 0.05) is 35.6 Å². The number of benzene rings is 2. The van der Waals surface area contributed by atoms with Crippen LogP contribution in [-0.2, 0) is 12.8 Å². The molecule has 0 spiro atoms. The minimum atomic E-state index is -0.446. The second-order valence-corrected chi connectivity index (χ2v) is 6.93. The Balaban J connectivity index is 1.79. The highest BCUT2D eigenvalue weighted by Gasteiger charge is 2.14. The summed E-state index contributed by atoms with van der Waals surface area (Å²) in [7, 11) is 0. The fourth-order valence-corrected chi connectivity index (χ4v) is 3.55. The summed E-state index contributed by atoms with van der Waals surface area (Å²) in [5.74, 6) is 0.309. The van der Waals surface area contributed by atoms with Gasteiger partial charge in [0.15, 0.2) is 5.75 Å². The Bertz CT molecular complexity index is 1240. The quantitative estimate of drug-likeness (QED) is 0.378. The van der Waals surface area contributed by atoms with Crippen molar-refractivity contribution in [1.82, 2.24) is 9.97 Å². The Morgan fingerprint density at radius 1 is 1.10 bits per heavy atom. The maximum atomic E-state index is 12.2. The van der Waals surface area contributed by atoms with Crippen molar-refractivity contribution >= 4 is 28.3 Å². The topological polar surface area (TPSA) is 91.2 Å². The van der Waals surface area contributed by atoms with E-state index < -0.39 is 5.63 Å². The summed E-state index contributed by atoms with van der Waals surface area (Å²) in [5, 5.41) is 1.10. The lowest BCUT2D eigenvalue weighted by Crippen LogP contribution is -2.04. The van der Waals surface area contributed by atoms with Gasteiger partial charge in [-0.2, -0.15) is 0 Å². The van der Waals surface area contributed by atoms with Crippen LogP contribution in [0.25, 0.3) is 11.0 Å². The van der Waals surface area contributed by atoms with E-state index in [0.29, 0.717) is 22.8 Å². The molecule has 29 heavy (non-hydrogen) atoms. The standard InChI is InChI=1S/C22H18ClN3O3/c1-2-15-13(5-3-6-18(15)24)9-14-10-21(27)28-19-12-20(17(23)11-16(14)19)29-22-25-7-4-8-26-22/h3-8,10-12H,2,9,24H2,1H3. The molecule has 0 radical (unpaired) electrons. The van der Waals surface area contributed by atoms with Crippen molar-refractivity contribution in [2.75, 3.05) is 5.73 Å². The summed E-state index contributed by atoms with van der Waals surface area (Å²) < 4.78 is 11.0. The first-order chi connectivity index (χ1) is 14.0. The molecule has 0 saturated carbocycles. The molecule has 6 nitrogen and oxygen atoms in total. The average Bonchev–Trinajstić information content (AvgIpc) is 2.70. The SMILES string of the molecule is CCc1c(N)cccc1Cc1cc(=O)oc2cc(Oc3ncccn3)c(Cl)cc12. The molecule has 4 rings (SSSR count). The monoisotopic (exact) mass is 407 g/mol. The molecule has 2 N–H and O–H groups in total. The lowest BCUT2D eigenvalue weighted by molar-refractivity contribution is 0.441. The van der Waals surface area contributed by atoms with Crippen LogP contribution in [0.15, 0.2) is 64.1 Å². The number of hydrogen-bond donors (Lipinski definition) is 1. The minimum absolute atomic E-state index is 0.152. The molecule has 0 fully saturated rings. The lowest BCUT2D eigenvalue weighted by atomic mass is 9.95. The zero-order valence-electron chi connectivity index (χ0n) is 15.7. The second-order valence-electron chi connectivity index (χ2n) is 6.52. The van der Waals surface area contributed by atoms with E-state index in [0.717, 1.165) is 34.2 Å². The van der Waals surface area contributed by atoms with Crippen LogP contribution in [0.2, 0.25) is 5.02 Å². The van der Waals surface area contributed by atoms with Crippen LogP contribution in [0.3, 0.4) is 0 Å². The number of nitrogens with zero attached hydrogens (tertiary/aromatic N) is 2. The van der Waals surface area contributed by atoms with Crippen molar-refractivity contribution in [2.45, 2.75) is 19.8 Å². The van der Waals surface area contributed by atoms with Gasteiger partial charge in [-0.15, -0.1) is 0 Å². The van der Waals surface area contributed by atoms with Crippen LogP contribution < -0.4 is 16.1 Å². The Labute approximate surface area is 171 Å². The Kier molecular flexibility index (Phi) is 5.18. The summed E-state index contributed by atoms with van der Waals surface area (Å²) in [6.07, 6.45) is 4.46. The third-order valence-electron chi connectivity index (χ3n) is 4.67. The molecule has 7 heteroatoms. The van der Waals surface area contributed by atoms with Crippen LogP contribution >= 0.6 is 11.6 Å². The van der Waals surface area contributed by atoms with Gasteiger partial charge in [-0.05, 0) is 47.7 Å². The molecule has 2 aromatic carbocycles. The van der Waals surface area contributed by atoms with E-state index in [2.05, 4.69) is 16.9 Å². The van der Waals surface area contributed by atoms with E-state index in [4.69, 9.17) is 26.5 Å². The van der Waals surface area contributed by atoms with Crippen LogP contribution in [0, 0.1) is 0 Å². The first-order valence-electron chi connectivity index (χ1n) is 9.12. The van der Waals surface area contributed by atoms with E-state index in [9.17, 15) is 4.79 Å². The van der Waals surface area contributed by atoms with E-state index in [1.807, 2.05) is 18.2 Å². The van der Waals surface area contributed by atoms with Gasteiger partial charge in [0.2, 0.25) is 0 Å². The number of aromatic nitrogens is 2. The smallest absolute Gasteiger partial charge is 0.336 e. The first-order valence-corrected chi connectivity index (χ1v) is 9.50. The molecule has 4 aromatic rings. The highest BCUT2D eigenvalue weighted by Crippen LogP contribution is 2.34. The van der Waals surface area contributed by atoms with Crippen LogP contribution in [0.1, 0.15) is 23.6 Å². The largest absolute Gasteiger partial charge is 0.423 e. The number of fused-ring (bicyclic) bond motifs is 1. The van der Waals surface area contributed by atoms with Gasteiger partial charge in [0.1, 0.15) is 5.58 Å². The van der Waals surface area contributed by atoms with Crippen molar-refractivity contribution in [3.8, 4) is 11.8 Å². The highest BCUT2D eigenvalue weighted by molar-refractivity contribution is 6.32. The van der Waals surface area contributed by atoms with Crippen molar-refractivity contribution in [3.63, 3.8) is 0 Å². The molecule has 0 aliphatic rings. The van der Waals surface area contributed by atoms with Crippen molar-refractivity contribution in [2.24, 2.45) is 0 Å². The Morgan fingerprint density at radius 2 is 1.90 bits per heavy atom. The van der Waals surface area contributed by atoms with Gasteiger partial charge in [0.25, 0.3) is 0 Å². The van der Waals surface area contributed by atoms with E-state index in [1.165, 1.54) is 6.07 Å². The Morgan fingerprint density at radius 3 is 2.66 bits per heavy atom. The molecular weight excluding hydrogens is 390 g/mol. The molecule has 0 saturated heterocycles. The minimum Gasteiger partial charge on any atom is -0.423 e. The van der Waals surface area contributed by atoms with Gasteiger partial charge in [-0.1, -0.05) is 30.7 Å². The molecule has 0 aliphatic heterocycles. The average molecular weight is 408 g/mol. The summed E-state index contributed by atoms with van der Waals surface area (Å²) in [5.41, 5.74) is 9.73. The summed E-state index contributed by atoms with van der Waals surface area (Å²) in [6.45, 7) is 2.05. The zero-order chi connectivity index (χ0) is 20.4. The van der Waals surface area contributed by atoms with Crippen molar-refractivity contribution in [3.05, 3.63) is 87.0 Å². The van der Waals surface area contributed by atoms with Gasteiger partial charge >= 0.3 is 11.6 Å². The van der Waals surface area contributed by atoms with Crippen LogP contribution in [-0.4, -0.2) is 9.97 Å². The first kappa shape index (κ1) is 19.0. The third kappa shape index (κ3) is 3.93. The molecule has 0 aliphatic carbocycles. The molecule has 2 aromatic heterocycles. The normalized spacial score (nSPS) is 11.0. The number of rotatable bonds is 5. The molecule has 0 bridgehead atoms. The van der Waals surface area contributed by atoms with Crippen LogP contribution in [0.5, 0.6) is 11.8 Å².